The standard InChI is InChI=1S/C15H18N2O/c1-16-10-12-7-9-18-15(12)13-6-2-4-11-5-3-8-17-14(11)13/h2-6,8,12,15-16H,7,9-10H2,1H3. The zero-order chi connectivity index (χ0) is 12.4. The van der Waals surface area contributed by atoms with Crippen molar-refractivity contribution in [2.45, 2.75) is 12.5 Å². The van der Waals surface area contributed by atoms with Crippen LogP contribution >= 0.6 is 0 Å². The predicted molar refractivity (Wildman–Crippen MR) is 72.5 cm³/mol. The van der Waals surface area contributed by atoms with Gasteiger partial charge in [0.1, 0.15) is 0 Å². The third kappa shape index (κ3) is 2.00. The van der Waals surface area contributed by atoms with E-state index in [2.05, 4.69) is 34.6 Å². The molecule has 2 atom stereocenters. The first-order valence-electron chi connectivity index (χ1n) is 6.50. The fourth-order valence-corrected chi connectivity index (χ4v) is 2.81. The van der Waals surface area contributed by atoms with E-state index in [0.29, 0.717) is 5.92 Å². The average Bonchev–Trinajstić information content (AvgIpc) is 2.87. The molecule has 0 bridgehead atoms. The van der Waals surface area contributed by atoms with Crippen LogP contribution in [0.3, 0.4) is 0 Å². The molecular weight excluding hydrogens is 224 g/mol. The number of ether oxygens (including phenoxy) is 1. The molecule has 0 aliphatic carbocycles. The molecule has 18 heavy (non-hydrogen) atoms. The minimum absolute atomic E-state index is 0.177. The molecule has 0 radical (unpaired) electrons. The van der Waals surface area contributed by atoms with Crippen LogP contribution in [0.25, 0.3) is 10.9 Å². The SMILES string of the molecule is CNCC1CCOC1c1cccc2cccnc12. The van der Waals surface area contributed by atoms with Gasteiger partial charge in [0.25, 0.3) is 0 Å². The number of hydrogen-bond acceptors (Lipinski definition) is 3. The summed E-state index contributed by atoms with van der Waals surface area (Å²) < 4.78 is 5.93. The van der Waals surface area contributed by atoms with Gasteiger partial charge in [0.2, 0.25) is 0 Å². The second kappa shape index (κ2) is 5.04. The molecule has 1 aliphatic heterocycles. The Morgan fingerprint density at radius 3 is 3.11 bits per heavy atom. The Morgan fingerprint density at radius 2 is 2.22 bits per heavy atom. The van der Waals surface area contributed by atoms with Crippen molar-refractivity contribution < 1.29 is 4.74 Å². The molecule has 0 amide bonds. The van der Waals surface area contributed by atoms with Gasteiger partial charge in [0.05, 0.1) is 11.6 Å². The lowest BCUT2D eigenvalue weighted by Crippen LogP contribution is -2.21. The molecule has 0 spiro atoms. The molecule has 0 saturated carbocycles. The summed E-state index contributed by atoms with van der Waals surface area (Å²) in [6.07, 6.45) is 3.15. The maximum atomic E-state index is 5.93. The van der Waals surface area contributed by atoms with Crippen LogP contribution in [0, 0.1) is 5.92 Å². The number of aromatic nitrogens is 1. The van der Waals surface area contributed by atoms with E-state index in [-0.39, 0.29) is 6.10 Å². The molecule has 2 heterocycles. The average molecular weight is 242 g/mol. The lowest BCUT2D eigenvalue weighted by molar-refractivity contribution is 0.0920. The Balaban J connectivity index is 2.03. The van der Waals surface area contributed by atoms with E-state index in [4.69, 9.17) is 4.74 Å². The van der Waals surface area contributed by atoms with E-state index in [0.717, 1.165) is 25.1 Å². The molecule has 1 fully saturated rings. The van der Waals surface area contributed by atoms with Gasteiger partial charge in [-0.15, -0.1) is 0 Å². The first kappa shape index (κ1) is 11.6. The first-order chi connectivity index (χ1) is 8.90. The van der Waals surface area contributed by atoms with Crippen molar-refractivity contribution in [3.05, 3.63) is 42.1 Å². The number of hydrogen-bond donors (Lipinski definition) is 1. The molecule has 2 unspecified atom stereocenters. The highest BCUT2D eigenvalue weighted by molar-refractivity contribution is 5.81. The molecular formula is C15H18N2O. The Hall–Kier alpha value is -1.45. The van der Waals surface area contributed by atoms with Gasteiger partial charge < -0.3 is 10.1 Å². The third-order valence-electron chi connectivity index (χ3n) is 3.65. The van der Waals surface area contributed by atoms with Crippen LogP contribution in [0.5, 0.6) is 0 Å². The zero-order valence-electron chi connectivity index (χ0n) is 10.6. The van der Waals surface area contributed by atoms with Crippen LogP contribution < -0.4 is 5.32 Å². The topological polar surface area (TPSA) is 34.1 Å². The normalized spacial score (nSPS) is 23.6. The van der Waals surface area contributed by atoms with Gasteiger partial charge in [-0.2, -0.15) is 0 Å². The lowest BCUT2D eigenvalue weighted by atomic mass is 9.93. The van der Waals surface area contributed by atoms with Gasteiger partial charge in [0.15, 0.2) is 0 Å². The Morgan fingerprint density at radius 1 is 1.33 bits per heavy atom. The quantitative estimate of drug-likeness (QED) is 0.898. The number of benzene rings is 1. The second-order valence-corrected chi connectivity index (χ2v) is 4.82. The molecule has 94 valence electrons. The summed E-state index contributed by atoms with van der Waals surface area (Å²) in [5, 5.41) is 4.45. The molecule has 3 rings (SSSR count). The van der Waals surface area contributed by atoms with Crippen LogP contribution in [0.1, 0.15) is 18.1 Å². The summed E-state index contributed by atoms with van der Waals surface area (Å²) in [4.78, 5) is 4.52. The summed E-state index contributed by atoms with van der Waals surface area (Å²) in [5.74, 6) is 0.544. The van der Waals surface area contributed by atoms with Crippen molar-refractivity contribution in [3.63, 3.8) is 0 Å². The van der Waals surface area contributed by atoms with Gasteiger partial charge in [-0.25, -0.2) is 0 Å². The number of pyridine rings is 1. The number of nitrogens with one attached hydrogen (secondary N) is 1. The zero-order valence-corrected chi connectivity index (χ0v) is 10.6. The first-order valence-corrected chi connectivity index (χ1v) is 6.50. The van der Waals surface area contributed by atoms with Crippen molar-refractivity contribution >= 4 is 10.9 Å². The molecule has 3 nitrogen and oxygen atoms in total. The molecule has 1 aromatic heterocycles. The molecule has 1 aromatic carbocycles. The van der Waals surface area contributed by atoms with Crippen LogP contribution in [-0.4, -0.2) is 25.2 Å². The van der Waals surface area contributed by atoms with E-state index in [1.54, 1.807) is 0 Å². The number of nitrogens with zero attached hydrogens (tertiary/aromatic N) is 1. The van der Waals surface area contributed by atoms with E-state index >= 15 is 0 Å². The smallest absolute Gasteiger partial charge is 0.0887 e. The van der Waals surface area contributed by atoms with Gasteiger partial charge in [-0.05, 0) is 19.5 Å². The Bertz CT molecular complexity index is 536. The largest absolute Gasteiger partial charge is 0.373 e. The number of fused-ring (bicyclic) bond motifs is 1. The van der Waals surface area contributed by atoms with E-state index in [1.165, 1.54) is 10.9 Å². The predicted octanol–water partition coefficient (Wildman–Crippen LogP) is 2.53. The molecule has 1 aliphatic rings. The number of rotatable bonds is 3. The van der Waals surface area contributed by atoms with Crippen molar-refractivity contribution in [1.82, 2.24) is 10.3 Å². The van der Waals surface area contributed by atoms with Crippen molar-refractivity contribution in [1.29, 1.82) is 0 Å². The Labute approximate surface area is 107 Å². The van der Waals surface area contributed by atoms with Crippen LogP contribution in [0.4, 0.5) is 0 Å². The van der Waals surface area contributed by atoms with Gasteiger partial charge in [-0.3, -0.25) is 4.98 Å². The molecule has 1 N–H and O–H groups in total. The van der Waals surface area contributed by atoms with Crippen LogP contribution in [-0.2, 0) is 4.74 Å². The van der Waals surface area contributed by atoms with Crippen molar-refractivity contribution in [2.75, 3.05) is 20.2 Å². The molecule has 2 aromatic rings. The highest BCUT2D eigenvalue weighted by Crippen LogP contribution is 2.36. The van der Waals surface area contributed by atoms with Gasteiger partial charge >= 0.3 is 0 Å². The van der Waals surface area contributed by atoms with Crippen LogP contribution in [0.15, 0.2) is 36.5 Å². The monoisotopic (exact) mass is 242 g/mol. The van der Waals surface area contributed by atoms with E-state index in [9.17, 15) is 0 Å². The van der Waals surface area contributed by atoms with E-state index < -0.39 is 0 Å². The minimum atomic E-state index is 0.177. The highest BCUT2D eigenvalue weighted by atomic mass is 16.5. The fraction of sp³-hybridized carbons (Fsp3) is 0.400. The summed E-state index contributed by atoms with van der Waals surface area (Å²) in [5.41, 5.74) is 2.30. The molecule has 3 heteroatoms. The van der Waals surface area contributed by atoms with Crippen molar-refractivity contribution in [2.24, 2.45) is 5.92 Å². The maximum absolute atomic E-state index is 5.93. The van der Waals surface area contributed by atoms with Gasteiger partial charge in [0, 0.05) is 36.2 Å². The van der Waals surface area contributed by atoms with Crippen molar-refractivity contribution in [3.8, 4) is 0 Å². The third-order valence-corrected chi connectivity index (χ3v) is 3.65. The number of para-hydroxylation sites is 1. The Kier molecular flexibility index (Phi) is 3.26. The minimum Gasteiger partial charge on any atom is -0.373 e. The van der Waals surface area contributed by atoms with Gasteiger partial charge in [-0.1, -0.05) is 24.3 Å². The maximum Gasteiger partial charge on any atom is 0.0887 e. The van der Waals surface area contributed by atoms with Crippen LogP contribution in [0.2, 0.25) is 0 Å². The van der Waals surface area contributed by atoms with E-state index in [1.807, 2.05) is 19.3 Å². The summed E-state index contributed by atoms with van der Waals surface area (Å²) in [6.45, 7) is 1.84. The second-order valence-electron chi connectivity index (χ2n) is 4.82. The summed E-state index contributed by atoms with van der Waals surface area (Å²) in [6, 6.07) is 10.4. The fourth-order valence-electron chi connectivity index (χ4n) is 2.81. The lowest BCUT2D eigenvalue weighted by Gasteiger charge is -2.19. The highest BCUT2D eigenvalue weighted by Gasteiger charge is 2.30. The molecule has 1 saturated heterocycles. The summed E-state index contributed by atoms with van der Waals surface area (Å²) >= 11 is 0. The summed E-state index contributed by atoms with van der Waals surface area (Å²) in [7, 11) is 2.00.